The van der Waals surface area contributed by atoms with Crippen LogP contribution in [0.25, 0.3) is 10.2 Å². The number of fused-ring (bicyclic) bond motifs is 1. The molecule has 0 aliphatic heterocycles. The Bertz CT molecular complexity index is 783. The standard InChI is InChI=1S/C16H16N2O2S/c1-10-5-4-6-14-15(10)18-16(21-14)17-12-8-7-11(19-2)9-13(12)20-3/h4-9H,1-3H3,(H,17,18). The maximum absolute atomic E-state index is 5.39. The first-order chi connectivity index (χ1) is 10.2. The molecule has 0 saturated heterocycles. The molecule has 0 unspecified atom stereocenters. The van der Waals surface area contributed by atoms with Gasteiger partial charge in [0.25, 0.3) is 0 Å². The van der Waals surface area contributed by atoms with E-state index in [9.17, 15) is 0 Å². The van der Waals surface area contributed by atoms with E-state index in [1.54, 1.807) is 25.6 Å². The third kappa shape index (κ3) is 2.64. The highest BCUT2D eigenvalue weighted by molar-refractivity contribution is 7.22. The summed E-state index contributed by atoms with van der Waals surface area (Å²) in [5.74, 6) is 1.49. The number of nitrogens with zero attached hydrogens (tertiary/aromatic N) is 1. The minimum absolute atomic E-state index is 0.727. The van der Waals surface area contributed by atoms with Crippen molar-refractivity contribution in [1.29, 1.82) is 0 Å². The van der Waals surface area contributed by atoms with E-state index in [1.807, 2.05) is 24.3 Å². The number of aryl methyl sites for hydroxylation is 1. The molecule has 3 aromatic rings. The van der Waals surface area contributed by atoms with E-state index in [0.717, 1.165) is 27.8 Å². The molecule has 4 nitrogen and oxygen atoms in total. The predicted molar refractivity (Wildman–Crippen MR) is 87.2 cm³/mol. The summed E-state index contributed by atoms with van der Waals surface area (Å²) in [6, 6.07) is 11.9. The number of nitrogens with one attached hydrogen (secondary N) is 1. The van der Waals surface area contributed by atoms with Crippen LogP contribution in [0.15, 0.2) is 36.4 Å². The maximum atomic E-state index is 5.39. The molecule has 0 atom stereocenters. The van der Waals surface area contributed by atoms with Gasteiger partial charge in [-0.15, -0.1) is 0 Å². The molecule has 21 heavy (non-hydrogen) atoms. The first-order valence-electron chi connectivity index (χ1n) is 6.56. The fraction of sp³-hybridized carbons (Fsp3) is 0.188. The van der Waals surface area contributed by atoms with Crippen molar-refractivity contribution < 1.29 is 9.47 Å². The maximum Gasteiger partial charge on any atom is 0.188 e. The monoisotopic (exact) mass is 300 g/mol. The Kier molecular flexibility index (Phi) is 3.66. The highest BCUT2D eigenvalue weighted by atomic mass is 32.1. The van der Waals surface area contributed by atoms with Crippen molar-refractivity contribution in [3.8, 4) is 11.5 Å². The number of methoxy groups -OCH3 is 2. The van der Waals surface area contributed by atoms with Crippen LogP contribution in [0.5, 0.6) is 11.5 Å². The van der Waals surface area contributed by atoms with Gasteiger partial charge < -0.3 is 14.8 Å². The highest BCUT2D eigenvalue weighted by Gasteiger charge is 2.09. The van der Waals surface area contributed by atoms with E-state index >= 15 is 0 Å². The van der Waals surface area contributed by atoms with E-state index < -0.39 is 0 Å². The van der Waals surface area contributed by atoms with Crippen LogP contribution >= 0.6 is 11.3 Å². The summed E-state index contributed by atoms with van der Waals surface area (Å²) < 4.78 is 11.8. The van der Waals surface area contributed by atoms with Crippen LogP contribution in [0.2, 0.25) is 0 Å². The van der Waals surface area contributed by atoms with Gasteiger partial charge in [-0.25, -0.2) is 4.98 Å². The first kappa shape index (κ1) is 13.7. The number of hydrogen-bond acceptors (Lipinski definition) is 5. The first-order valence-corrected chi connectivity index (χ1v) is 7.38. The Balaban J connectivity index is 1.96. The molecule has 0 amide bonds. The van der Waals surface area contributed by atoms with Crippen molar-refractivity contribution in [2.75, 3.05) is 19.5 Å². The summed E-state index contributed by atoms with van der Waals surface area (Å²) in [4.78, 5) is 4.65. The van der Waals surface area contributed by atoms with E-state index in [0.29, 0.717) is 0 Å². The smallest absolute Gasteiger partial charge is 0.188 e. The van der Waals surface area contributed by atoms with Crippen LogP contribution in [0.3, 0.4) is 0 Å². The third-order valence-electron chi connectivity index (χ3n) is 3.27. The van der Waals surface area contributed by atoms with Gasteiger partial charge in [0.2, 0.25) is 0 Å². The molecule has 3 rings (SSSR count). The summed E-state index contributed by atoms with van der Waals surface area (Å²) >= 11 is 1.63. The second kappa shape index (κ2) is 5.61. The molecule has 1 heterocycles. The van der Waals surface area contributed by atoms with Crippen LogP contribution in [-0.4, -0.2) is 19.2 Å². The molecule has 0 saturated carbocycles. The molecule has 108 valence electrons. The van der Waals surface area contributed by atoms with Crippen molar-refractivity contribution in [2.24, 2.45) is 0 Å². The SMILES string of the molecule is COc1ccc(Nc2nc3c(C)cccc3s2)c(OC)c1. The van der Waals surface area contributed by atoms with E-state index in [1.165, 1.54) is 10.3 Å². The van der Waals surface area contributed by atoms with Crippen LogP contribution in [0.1, 0.15) is 5.56 Å². The number of hydrogen-bond donors (Lipinski definition) is 1. The van der Waals surface area contributed by atoms with Crippen LogP contribution in [0.4, 0.5) is 10.8 Å². The lowest BCUT2D eigenvalue weighted by atomic mass is 10.2. The van der Waals surface area contributed by atoms with Crippen LogP contribution < -0.4 is 14.8 Å². The minimum atomic E-state index is 0.727. The molecule has 0 radical (unpaired) electrons. The zero-order valence-corrected chi connectivity index (χ0v) is 13.0. The zero-order valence-electron chi connectivity index (χ0n) is 12.1. The molecule has 5 heteroatoms. The largest absolute Gasteiger partial charge is 0.497 e. The fourth-order valence-corrected chi connectivity index (χ4v) is 3.11. The van der Waals surface area contributed by atoms with Crippen molar-refractivity contribution in [3.05, 3.63) is 42.0 Å². The Morgan fingerprint density at radius 1 is 1.10 bits per heavy atom. The van der Waals surface area contributed by atoms with E-state index in [4.69, 9.17) is 9.47 Å². The third-order valence-corrected chi connectivity index (χ3v) is 4.21. The zero-order chi connectivity index (χ0) is 14.8. The molecule has 0 bridgehead atoms. The van der Waals surface area contributed by atoms with Crippen LogP contribution in [0, 0.1) is 6.92 Å². The van der Waals surface area contributed by atoms with Gasteiger partial charge in [-0.3, -0.25) is 0 Å². The lowest BCUT2D eigenvalue weighted by molar-refractivity contribution is 0.395. The van der Waals surface area contributed by atoms with Crippen molar-refractivity contribution in [3.63, 3.8) is 0 Å². The second-order valence-electron chi connectivity index (χ2n) is 4.63. The van der Waals surface area contributed by atoms with Gasteiger partial charge in [0.15, 0.2) is 5.13 Å². The molecule has 1 aromatic heterocycles. The summed E-state index contributed by atoms with van der Waals surface area (Å²) in [5.41, 5.74) is 3.09. The average Bonchev–Trinajstić information content (AvgIpc) is 2.91. The number of anilines is 2. The summed E-state index contributed by atoms with van der Waals surface area (Å²) in [5, 5.41) is 4.17. The second-order valence-corrected chi connectivity index (χ2v) is 5.66. The topological polar surface area (TPSA) is 43.4 Å². The Morgan fingerprint density at radius 3 is 2.67 bits per heavy atom. The molecular formula is C16H16N2O2S. The molecule has 2 aromatic carbocycles. The van der Waals surface area contributed by atoms with Gasteiger partial charge in [0.05, 0.1) is 30.1 Å². The fourth-order valence-electron chi connectivity index (χ4n) is 2.16. The summed E-state index contributed by atoms with van der Waals surface area (Å²) in [6.07, 6.45) is 0. The highest BCUT2D eigenvalue weighted by Crippen LogP contribution is 2.34. The van der Waals surface area contributed by atoms with E-state index in [2.05, 4.69) is 29.4 Å². The molecule has 0 fully saturated rings. The van der Waals surface area contributed by atoms with Crippen molar-refractivity contribution in [1.82, 2.24) is 4.98 Å². The average molecular weight is 300 g/mol. The Labute approximate surface area is 127 Å². The number of para-hydroxylation sites is 1. The molecule has 0 spiro atoms. The van der Waals surface area contributed by atoms with E-state index in [-0.39, 0.29) is 0 Å². The molecular weight excluding hydrogens is 284 g/mol. The van der Waals surface area contributed by atoms with Crippen molar-refractivity contribution >= 4 is 32.4 Å². The molecule has 1 N–H and O–H groups in total. The summed E-state index contributed by atoms with van der Waals surface area (Å²) in [6.45, 7) is 2.07. The van der Waals surface area contributed by atoms with Gasteiger partial charge in [-0.1, -0.05) is 23.5 Å². The van der Waals surface area contributed by atoms with Crippen molar-refractivity contribution in [2.45, 2.75) is 6.92 Å². The predicted octanol–water partition coefficient (Wildman–Crippen LogP) is 4.37. The molecule has 0 aliphatic rings. The number of aromatic nitrogens is 1. The van der Waals surface area contributed by atoms with Gasteiger partial charge in [0, 0.05) is 6.07 Å². The number of benzene rings is 2. The van der Waals surface area contributed by atoms with Gasteiger partial charge in [-0.05, 0) is 30.7 Å². The Morgan fingerprint density at radius 2 is 1.95 bits per heavy atom. The van der Waals surface area contributed by atoms with Crippen LogP contribution in [-0.2, 0) is 0 Å². The number of thiazole rings is 1. The quantitative estimate of drug-likeness (QED) is 0.777. The normalized spacial score (nSPS) is 10.6. The summed E-state index contributed by atoms with van der Waals surface area (Å²) in [7, 11) is 3.28. The van der Waals surface area contributed by atoms with Gasteiger partial charge >= 0.3 is 0 Å². The Hall–Kier alpha value is -2.27. The van der Waals surface area contributed by atoms with Gasteiger partial charge in [-0.2, -0.15) is 0 Å². The number of rotatable bonds is 4. The van der Waals surface area contributed by atoms with Gasteiger partial charge in [0.1, 0.15) is 11.5 Å². The lowest BCUT2D eigenvalue weighted by Gasteiger charge is -2.10. The lowest BCUT2D eigenvalue weighted by Crippen LogP contribution is -1.95. The molecule has 0 aliphatic carbocycles. The number of ether oxygens (including phenoxy) is 2. The minimum Gasteiger partial charge on any atom is -0.497 e.